The Hall–Kier alpha value is -1.58. The monoisotopic (exact) mass is 234 g/mol. The smallest absolute Gasteiger partial charge is 0.335 e. The van der Waals surface area contributed by atoms with Crippen LogP contribution in [-0.4, -0.2) is 29.1 Å². The van der Waals surface area contributed by atoms with E-state index in [9.17, 15) is 4.79 Å². The number of anilines is 1. The van der Waals surface area contributed by atoms with Crippen LogP contribution in [0, 0.1) is 12.8 Å². The molecular weight excluding hydrogens is 216 g/mol. The molecule has 0 saturated carbocycles. The maximum atomic E-state index is 11.0. The first-order valence-electron chi connectivity index (χ1n) is 6.03. The summed E-state index contributed by atoms with van der Waals surface area (Å²) < 4.78 is 0. The zero-order valence-corrected chi connectivity index (χ0v) is 10.3. The van der Waals surface area contributed by atoms with Crippen LogP contribution >= 0.6 is 0 Å². The van der Waals surface area contributed by atoms with E-state index < -0.39 is 5.97 Å². The molecule has 1 saturated heterocycles. The van der Waals surface area contributed by atoms with Gasteiger partial charge < -0.3 is 10.0 Å². The maximum absolute atomic E-state index is 11.0. The van der Waals surface area contributed by atoms with Crippen molar-refractivity contribution < 1.29 is 9.90 Å². The number of rotatable bonds is 2. The van der Waals surface area contributed by atoms with Crippen LogP contribution in [0.1, 0.15) is 35.8 Å². The number of piperidine rings is 1. The standard InChI is InChI=1S/C13H18N2O2/c1-9-4-3-5-15(8-9)12-7-11(13(16)17)6-10(2)14-12/h6-7,9H,3-5,8H2,1-2H3,(H,16,17). The summed E-state index contributed by atoms with van der Waals surface area (Å²) in [5.41, 5.74) is 1.09. The number of carbonyl (C=O) groups is 1. The number of nitrogens with zero attached hydrogens (tertiary/aromatic N) is 2. The molecule has 2 rings (SSSR count). The molecule has 1 aromatic rings. The third-order valence-electron chi connectivity index (χ3n) is 3.17. The molecule has 0 aromatic carbocycles. The third kappa shape index (κ3) is 2.75. The number of pyridine rings is 1. The van der Waals surface area contributed by atoms with E-state index in [1.54, 1.807) is 12.1 Å². The Labute approximate surface area is 101 Å². The number of hydrogen-bond acceptors (Lipinski definition) is 3. The molecule has 0 bridgehead atoms. The van der Waals surface area contributed by atoms with Gasteiger partial charge in [0.1, 0.15) is 5.82 Å². The Morgan fingerprint density at radius 3 is 2.94 bits per heavy atom. The number of carboxylic acids is 1. The van der Waals surface area contributed by atoms with Crippen molar-refractivity contribution in [2.75, 3.05) is 18.0 Å². The Balaban J connectivity index is 2.28. The molecule has 0 aliphatic carbocycles. The van der Waals surface area contributed by atoms with Gasteiger partial charge in [-0.2, -0.15) is 0 Å². The van der Waals surface area contributed by atoms with Gasteiger partial charge in [0, 0.05) is 18.8 Å². The number of carboxylic acid groups (broad SMARTS) is 1. The van der Waals surface area contributed by atoms with Gasteiger partial charge in [-0.05, 0) is 37.8 Å². The first-order valence-corrected chi connectivity index (χ1v) is 6.03. The van der Waals surface area contributed by atoms with Gasteiger partial charge >= 0.3 is 5.97 Å². The van der Waals surface area contributed by atoms with E-state index in [4.69, 9.17) is 5.11 Å². The Bertz CT molecular complexity index is 431. The number of aryl methyl sites for hydroxylation is 1. The van der Waals surface area contributed by atoms with Crippen LogP contribution in [0.5, 0.6) is 0 Å². The van der Waals surface area contributed by atoms with E-state index in [0.29, 0.717) is 11.5 Å². The summed E-state index contributed by atoms with van der Waals surface area (Å²) in [5, 5.41) is 9.04. The molecule has 2 heterocycles. The fourth-order valence-corrected chi connectivity index (χ4v) is 2.33. The summed E-state index contributed by atoms with van der Waals surface area (Å²) in [6.07, 6.45) is 2.40. The highest BCUT2D eigenvalue weighted by Crippen LogP contribution is 2.22. The zero-order valence-electron chi connectivity index (χ0n) is 10.3. The van der Waals surface area contributed by atoms with Crippen molar-refractivity contribution >= 4 is 11.8 Å². The summed E-state index contributed by atoms with van der Waals surface area (Å²) in [4.78, 5) is 17.6. The number of aromatic nitrogens is 1. The van der Waals surface area contributed by atoms with E-state index in [0.717, 1.165) is 31.0 Å². The van der Waals surface area contributed by atoms with E-state index in [-0.39, 0.29) is 0 Å². The van der Waals surface area contributed by atoms with Gasteiger partial charge in [0.15, 0.2) is 0 Å². The van der Waals surface area contributed by atoms with Crippen LogP contribution in [0.25, 0.3) is 0 Å². The molecule has 1 fully saturated rings. The number of hydrogen-bond donors (Lipinski definition) is 1. The minimum Gasteiger partial charge on any atom is -0.478 e. The van der Waals surface area contributed by atoms with E-state index in [1.807, 2.05) is 6.92 Å². The lowest BCUT2D eigenvalue weighted by Crippen LogP contribution is -2.35. The topological polar surface area (TPSA) is 53.4 Å². The van der Waals surface area contributed by atoms with Crippen LogP contribution in [0.2, 0.25) is 0 Å². The molecular formula is C13H18N2O2. The van der Waals surface area contributed by atoms with Gasteiger partial charge in [0.2, 0.25) is 0 Å². The first-order chi connectivity index (χ1) is 8.06. The molecule has 1 unspecified atom stereocenters. The van der Waals surface area contributed by atoms with Crippen molar-refractivity contribution in [3.05, 3.63) is 23.4 Å². The van der Waals surface area contributed by atoms with Crippen molar-refractivity contribution in [1.29, 1.82) is 0 Å². The lowest BCUT2D eigenvalue weighted by atomic mass is 10.0. The average molecular weight is 234 g/mol. The van der Waals surface area contributed by atoms with Crippen molar-refractivity contribution in [2.24, 2.45) is 5.92 Å². The lowest BCUT2D eigenvalue weighted by molar-refractivity contribution is 0.0696. The second-order valence-corrected chi connectivity index (χ2v) is 4.85. The number of aromatic carboxylic acids is 1. The molecule has 1 N–H and O–H groups in total. The molecule has 4 nitrogen and oxygen atoms in total. The first kappa shape index (κ1) is 11.9. The highest BCUT2D eigenvalue weighted by Gasteiger charge is 2.19. The molecule has 0 radical (unpaired) electrons. The predicted octanol–water partition coefficient (Wildman–Crippen LogP) is 2.32. The van der Waals surface area contributed by atoms with Crippen molar-refractivity contribution in [3.8, 4) is 0 Å². The summed E-state index contributed by atoms with van der Waals surface area (Å²) in [7, 11) is 0. The zero-order chi connectivity index (χ0) is 12.4. The fourth-order valence-electron chi connectivity index (χ4n) is 2.33. The van der Waals surface area contributed by atoms with Crippen LogP contribution in [0.4, 0.5) is 5.82 Å². The van der Waals surface area contributed by atoms with Crippen LogP contribution < -0.4 is 4.90 Å². The van der Waals surface area contributed by atoms with Gasteiger partial charge in [0.25, 0.3) is 0 Å². The Morgan fingerprint density at radius 1 is 1.53 bits per heavy atom. The molecule has 92 valence electrons. The summed E-state index contributed by atoms with van der Waals surface area (Å²) in [5.74, 6) is 0.565. The molecule has 1 aliphatic heterocycles. The fraction of sp³-hybridized carbons (Fsp3) is 0.538. The van der Waals surface area contributed by atoms with Crippen molar-refractivity contribution in [1.82, 2.24) is 4.98 Å². The highest BCUT2D eigenvalue weighted by molar-refractivity contribution is 5.88. The van der Waals surface area contributed by atoms with Crippen molar-refractivity contribution in [2.45, 2.75) is 26.7 Å². The van der Waals surface area contributed by atoms with Crippen LogP contribution in [-0.2, 0) is 0 Å². The minimum atomic E-state index is -0.887. The van der Waals surface area contributed by atoms with Crippen LogP contribution in [0.3, 0.4) is 0 Å². The summed E-state index contributed by atoms with van der Waals surface area (Å²) in [6.45, 7) is 6.00. The molecule has 1 aliphatic rings. The minimum absolute atomic E-state index is 0.325. The molecule has 4 heteroatoms. The normalized spacial score (nSPS) is 20.4. The van der Waals surface area contributed by atoms with Crippen LogP contribution in [0.15, 0.2) is 12.1 Å². The molecule has 17 heavy (non-hydrogen) atoms. The molecule has 0 spiro atoms. The van der Waals surface area contributed by atoms with Gasteiger partial charge in [-0.1, -0.05) is 6.92 Å². The van der Waals surface area contributed by atoms with Gasteiger partial charge in [-0.3, -0.25) is 0 Å². The largest absolute Gasteiger partial charge is 0.478 e. The van der Waals surface area contributed by atoms with Gasteiger partial charge in [-0.15, -0.1) is 0 Å². The van der Waals surface area contributed by atoms with Gasteiger partial charge in [0.05, 0.1) is 5.56 Å². The predicted molar refractivity (Wildman–Crippen MR) is 66.5 cm³/mol. The second-order valence-electron chi connectivity index (χ2n) is 4.85. The summed E-state index contributed by atoms with van der Waals surface area (Å²) in [6, 6.07) is 3.28. The maximum Gasteiger partial charge on any atom is 0.335 e. The lowest BCUT2D eigenvalue weighted by Gasteiger charge is -2.32. The van der Waals surface area contributed by atoms with E-state index in [1.165, 1.54) is 6.42 Å². The Morgan fingerprint density at radius 2 is 2.29 bits per heavy atom. The van der Waals surface area contributed by atoms with Gasteiger partial charge in [-0.25, -0.2) is 9.78 Å². The average Bonchev–Trinajstić information content (AvgIpc) is 2.28. The Kier molecular flexibility index (Phi) is 3.31. The third-order valence-corrected chi connectivity index (χ3v) is 3.17. The quantitative estimate of drug-likeness (QED) is 0.853. The summed E-state index contributed by atoms with van der Waals surface area (Å²) >= 11 is 0. The molecule has 1 atom stereocenters. The highest BCUT2D eigenvalue weighted by atomic mass is 16.4. The molecule has 1 aromatic heterocycles. The van der Waals surface area contributed by atoms with E-state index in [2.05, 4.69) is 16.8 Å². The SMILES string of the molecule is Cc1cc(C(=O)O)cc(N2CCCC(C)C2)n1. The van der Waals surface area contributed by atoms with Crippen molar-refractivity contribution in [3.63, 3.8) is 0 Å². The second kappa shape index (κ2) is 4.73. The molecule has 0 amide bonds. The van der Waals surface area contributed by atoms with E-state index >= 15 is 0 Å².